The lowest BCUT2D eigenvalue weighted by Crippen LogP contribution is -2.30. The average Bonchev–Trinajstić information content (AvgIpc) is 1.94. The van der Waals surface area contributed by atoms with Crippen molar-refractivity contribution in [2.24, 2.45) is 5.41 Å². The van der Waals surface area contributed by atoms with Gasteiger partial charge in [-0.1, -0.05) is 13.8 Å². The number of rotatable bonds is 1. The number of hydrogen-bond donors (Lipinski definition) is 0. The zero-order chi connectivity index (χ0) is 8.32. The highest BCUT2D eigenvalue weighted by atomic mass is 16.7. The summed E-state index contributed by atoms with van der Waals surface area (Å²) < 4.78 is 10.3. The SMILES string of the molecule is CC1(C)COC(=CC=O)OC1. The zero-order valence-corrected chi connectivity index (χ0v) is 6.79. The fourth-order valence-corrected chi connectivity index (χ4v) is 0.768. The lowest BCUT2D eigenvalue weighted by atomic mass is 9.96. The van der Waals surface area contributed by atoms with Crippen molar-refractivity contribution in [2.45, 2.75) is 13.8 Å². The Morgan fingerprint density at radius 3 is 2.36 bits per heavy atom. The molecule has 1 heterocycles. The molecular weight excluding hydrogens is 144 g/mol. The molecule has 0 bridgehead atoms. The van der Waals surface area contributed by atoms with Gasteiger partial charge in [0, 0.05) is 5.41 Å². The maximum absolute atomic E-state index is 10.00. The van der Waals surface area contributed by atoms with Crippen LogP contribution >= 0.6 is 0 Å². The van der Waals surface area contributed by atoms with Crippen molar-refractivity contribution in [3.05, 3.63) is 12.0 Å². The fourth-order valence-electron chi connectivity index (χ4n) is 0.768. The highest BCUT2D eigenvalue weighted by molar-refractivity contribution is 5.64. The van der Waals surface area contributed by atoms with Gasteiger partial charge in [0.2, 0.25) is 0 Å². The Morgan fingerprint density at radius 1 is 1.36 bits per heavy atom. The first-order valence-corrected chi connectivity index (χ1v) is 3.55. The van der Waals surface area contributed by atoms with Crippen LogP contribution in [0.4, 0.5) is 0 Å². The Hall–Kier alpha value is -0.990. The first kappa shape index (κ1) is 8.11. The van der Waals surface area contributed by atoms with Crippen LogP contribution in [0.25, 0.3) is 0 Å². The molecule has 0 unspecified atom stereocenters. The second-order valence-corrected chi connectivity index (χ2v) is 3.36. The summed E-state index contributed by atoms with van der Waals surface area (Å²) in [7, 11) is 0. The predicted molar refractivity (Wildman–Crippen MR) is 39.8 cm³/mol. The van der Waals surface area contributed by atoms with Crippen molar-refractivity contribution in [1.82, 2.24) is 0 Å². The van der Waals surface area contributed by atoms with E-state index in [1.54, 1.807) is 0 Å². The molecule has 3 heteroatoms. The van der Waals surface area contributed by atoms with Crippen molar-refractivity contribution >= 4 is 6.29 Å². The number of carbonyl (C=O) groups is 1. The van der Waals surface area contributed by atoms with Gasteiger partial charge in [0.05, 0.1) is 19.3 Å². The number of hydrogen-bond acceptors (Lipinski definition) is 3. The minimum atomic E-state index is 0.0558. The minimum Gasteiger partial charge on any atom is -0.465 e. The van der Waals surface area contributed by atoms with Crippen LogP contribution in [0, 0.1) is 5.41 Å². The van der Waals surface area contributed by atoms with Gasteiger partial charge in [-0.05, 0) is 0 Å². The molecule has 0 spiro atoms. The number of aldehydes is 1. The topological polar surface area (TPSA) is 35.5 Å². The Morgan fingerprint density at radius 2 is 1.91 bits per heavy atom. The van der Waals surface area contributed by atoms with Crippen LogP contribution in [0.15, 0.2) is 12.0 Å². The van der Waals surface area contributed by atoms with Crippen LogP contribution in [-0.2, 0) is 14.3 Å². The molecule has 0 aromatic rings. The van der Waals surface area contributed by atoms with Crippen molar-refractivity contribution in [3.8, 4) is 0 Å². The second kappa shape index (κ2) is 2.95. The molecule has 0 aliphatic carbocycles. The summed E-state index contributed by atoms with van der Waals surface area (Å²) in [6, 6.07) is 0. The summed E-state index contributed by atoms with van der Waals surface area (Å²) in [5.74, 6) is 0.333. The number of carbonyl (C=O) groups excluding carboxylic acids is 1. The van der Waals surface area contributed by atoms with Crippen molar-refractivity contribution in [2.75, 3.05) is 13.2 Å². The molecule has 1 saturated heterocycles. The molecule has 0 radical (unpaired) electrons. The van der Waals surface area contributed by atoms with Gasteiger partial charge >= 0.3 is 0 Å². The Balaban J connectivity index is 2.48. The van der Waals surface area contributed by atoms with E-state index in [2.05, 4.69) is 0 Å². The molecular formula is C8H12O3. The van der Waals surface area contributed by atoms with E-state index >= 15 is 0 Å². The van der Waals surface area contributed by atoms with Gasteiger partial charge in [0.15, 0.2) is 0 Å². The largest absolute Gasteiger partial charge is 0.465 e. The number of allylic oxidation sites excluding steroid dienone is 1. The van der Waals surface area contributed by atoms with E-state index in [0.29, 0.717) is 25.4 Å². The first-order chi connectivity index (χ1) is 5.14. The van der Waals surface area contributed by atoms with E-state index in [4.69, 9.17) is 9.47 Å². The summed E-state index contributed by atoms with van der Waals surface area (Å²) in [4.78, 5) is 10.00. The van der Waals surface area contributed by atoms with Crippen molar-refractivity contribution in [1.29, 1.82) is 0 Å². The molecule has 62 valence electrons. The molecule has 0 aromatic carbocycles. The molecule has 3 nitrogen and oxygen atoms in total. The quantitative estimate of drug-likeness (QED) is 0.421. The van der Waals surface area contributed by atoms with Gasteiger partial charge < -0.3 is 9.47 Å². The Bertz CT molecular complexity index is 170. The molecule has 0 aromatic heterocycles. The summed E-state index contributed by atoms with van der Waals surface area (Å²) in [5, 5.41) is 0. The van der Waals surface area contributed by atoms with E-state index in [9.17, 15) is 4.79 Å². The second-order valence-electron chi connectivity index (χ2n) is 3.36. The molecule has 0 amide bonds. The maximum atomic E-state index is 10.00. The van der Waals surface area contributed by atoms with Gasteiger partial charge in [-0.3, -0.25) is 4.79 Å². The number of ether oxygens (including phenoxy) is 2. The predicted octanol–water partition coefficient (Wildman–Crippen LogP) is 1.10. The van der Waals surface area contributed by atoms with Crippen LogP contribution in [-0.4, -0.2) is 19.5 Å². The van der Waals surface area contributed by atoms with Gasteiger partial charge in [-0.15, -0.1) is 0 Å². The van der Waals surface area contributed by atoms with Gasteiger partial charge in [-0.25, -0.2) is 0 Å². The maximum Gasteiger partial charge on any atom is 0.282 e. The lowest BCUT2D eigenvalue weighted by molar-refractivity contribution is -0.107. The highest BCUT2D eigenvalue weighted by Crippen LogP contribution is 2.23. The Kier molecular flexibility index (Phi) is 2.17. The zero-order valence-electron chi connectivity index (χ0n) is 6.79. The highest BCUT2D eigenvalue weighted by Gasteiger charge is 2.25. The third-order valence-electron chi connectivity index (χ3n) is 1.41. The standard InChI is InChI=1S/C8H12O3/c1-8(2)5-10-7(3-4-9)11-6-8/h3-4H,5-6H2,1-2H3. The van der Waals surface area contributed by atoms with Gasteiger partial charge in [0.25, 0.3) is 5.95 Å². The molecule has 1 aliphatic heterocycles. The van der Waals surface area contributed by atoms with E-state index in [1.807, 2.05) is 13.8 Å². The van der Waals surface area contributed by atoms with E-state index in [1.165, 1.54) is 6.08 Å². The third kappa shape index (κ3) is 2.26. The average molecular weight is 156 g/mol. The summed E-state index contributed by atoms with van der Waals surface area (Å²) in [5.41, 5.74) is 0.0558. The monoisotopic (exact) mass is 156 g/mol. The van der Waals surface area contributed by atoms with E-state index in [-0.39, 0.29) is 5.41 Å². The normalized spacial score (nSPS) is 21.5. The third-order valence-corrected chi connectivity index (χ3v) is 1.41. The summed E-state index contributed by atoms with van der Waals surface area (Å²) in [6.07, 6.45) is 1.95. The van der Waals surface area contributed by atoms with Crippen LogP contribution in [0.5, 0.6) is 0 Å². The first-order valence-electron chi connectivity index (χ1n) is 3.55. The Labute approximate surface area is 66.0 Å². The van der Waals surface area contributed by atoms with Gasteiger partial charge in [-0.2, -0.15) is 0 Å². The molecule has 1 rings (SSSR count). The molecule has 11 heavy (non-hydrogen) atoms. The van der Waals surface area contributed by atoms with Gasteiger partial charge in [0.1, 0.15) is 6.29 Å². The fraction of sp³-hybridized carbons (Fsp3) is 0.625. The van der Waals surface area contributed by atoms with E-state index in [0.717, 1.165) is 0 Å². The summed E-state index contributed by atoms with van der Waals surface area (Å²) >= 11 is 0. The van der Waals surface area contributed by atoms with Crippen LogP contribution in [0.2, 0.25) is 0 Å². The smallest absolute Gasteiger partial charge is 0.282 e. The molecule has 0 saturated carbocycles. The molecule has 1 fully saturated rings. The van der Waals surface area contributed by atoms with Crippen LogP contribution in [0.1, 0.15) is 13.8 Å². The van der Waals surface area contributed by atoms with E-state index < -0.39 is 0 Å². The molecule has 1 aliphatic rings. The van der Waals surface area contributed by atoms with Crippen molar-refractivity contribution < 1.29 is 14.3 Å². The van der Waals surface area contributed by atoms with Crippen LogP contribution < -0.4 is 0 Å². The van der Waals surface area contributed by atoms with Crippen molar-refractivity contribution in [3.63, 3.8) is 0 Å². The summed E-state index contributed by atoms with van der Waals surface area (Å²) in [6.45, 7) is 5.30. The molecule has 0 N–H and O–H groups in total. The molecule has 0 atom stereocenters. The minimum absolute atomic E-state index is 0.0558. The van der Waals surface area contributed by atoms with Crippen LogP contribution in [0.3, 0.4) is 0 Å². The lowest BCUT2D eigenvalue weighted by Gasteiger charge is -2.30.